The number of β-lactam (4-membered cyclic amide) rings is 1. The lowest BCUT2D eigenvalue weighted by atomic mass is 9.87. The number of rotatable bonds is 3. The zero-order valence-electron chi connectivity index (χ0n) is 11.7. The molecule has 122 valence electrons. The van der Waals surface area contributed by atoms with Crippen molar-refractivity contribution in [2.24, 2.45) is 11.1 Å². The number of carboxylic acid groups (broad SMARTS) is 1. The van der Waals surface area contributed by atoms with Crippen molar-refractivity contribution in [1.29, 1.82) is 0 Å². The average molecular weight is 439 g/mol. The number of thioether (sulfide) groups is 1. The molecule has 2 aliphatic heterocycles. The third kappa shape index (κ3) is 3.07. The molecular weight excluding hydrogens is 421 g/mol. The molecule has 2 fully saturated rings. The van der Waals surface area contributed by atoms with Gasteiger partial charge < -0.3 is 45.2 Å². The number of carboxylic acids is 1. The zero-order chi connectivity index (χ0) is 14.3. The third-order valence-corrected chi connectivity index (χ3v) is 5.51. The SMILES string of the molecule is N[C@@H]1C(=O)N2CC(C[n+]3ccccc3)(C(=O)O)CS[C@H]12.O.[I-]. The molecule has 0 saturated carbocycles. The standard InChI is InChI=1S/C13H15N3O3S.HI.H2O/c14-9-10(17)16-7-13(12(18)19,8-20-11(9)16)6-15-4-2-1-3-5-15;;/h1-5,9,11H,6-8,14H2;1H;1H2/t9-,11-,13?;;/m1../s1. The normalized spacial score (nSPS) is 29.5. The van der Waals surface area contributed by atoms with Gasteiger partial charge >= 0.3 is 5.97 Å². The second-order valence-electron chi connectivity index (χ2n) is 5.33. The van der Waals surface area contributed by atoms with Gasteiger partial charge in [0.25, 0.3) is 0 Å². The molecule has 1 amide bonds. The summed E-state index contributed by atoms with van der Waals surface area (Å²) in [6.07, 6.45) is 3.68. The molecule has 9 heteroatoms. The fraction of sp³-hybridized carbons (Fsp3) is 0.462. The number of aliphatic carboxylic acids is 1. The van der Waals surface area contributed by atoms with Gasteiger partial charge in [-0.05, 0) is 0 Å². The van der Waals surface area contributed by atoms with Crippen molar-refractivity contribution in [3.63, 3.8) is 0 Å². The molecule has 3 heterocycles. The average Bonchev–Trinajstić information content (AvgIpc) is 2.47. The number of carbonyl (C=O) groups is 2. The third-order valence-electron chi connectivity index (χ3n) is 3.90. The first-order chi connectivity index (χ1) is 9.53. The molecule has 1 aromatic rings. The van der Waals surface area contributed by atoms with Crippen molar-refractivity contribution in [3.8, 4) is 0 Å². The first-order valence-electron chi connectivity index (χ1n) is 6.39. The van der Waals surface area contributed by atoms with Crippen LogP contribution in [-0.4, -0.2) is 51.1 Å². The minimum absolute atomic E-state index is 0. The number of nitrogens with two attached hydrogens (primary N) is 1. The van der Waals surface area contributed by atoms with E-state index in [-0.39, 0.29) is 47.3 Å². The second-order valence-corrected chi connectivity index (χ2v) is 6.43. The predicted molar refractivity (Wildman–Crippen MR) is 76.3 cm³/mol. The van der Waals surface area contributed by atoms with E-state index < -0.39 is 17.4 Å². The van der Waals surface area contributed by atoms with E-state index in [1.807, 2.05) is 35.2 Å². The molecular formula is C13H18IN3O4S. The van der Waals surface area contributed by atoms with Crippen molar-refractivity contribution >= 4 is 23.6 Å². The number of amides is 1. The van der Waals surface area contributed by atoms with Gasteiger partial charge in [-0.15, -0.1) is 11.8 Å². The summed E-state index contributed by atoms with van der Waals surface area (Å²) in [5.74, 6) is -0.550. The number of aromatic nitrogens is 1. The highest BCUT2D eigenvalue weighted by Crippen LogP contribution is 2.41. The van der Waals surface area contributed by atoms with Crippen LogP contribution in [0.15, 0.2) is 30.6 Å². The van der Waals surface area contributed by atoms with E-state index in [9.17, 15) is 14.7 Å². The van der Waals surface area contributed by atoms with Gasteiger partial charge in [0, 0.05) is 24.4 Å². The summed E-state index contributed by atoms with van der Waals surface area (Å²) in [7, 11) is 0. The van der Waals surface area contributed by atoms with Crippen molar-refractivity contribution in [2.45, 2.75) is 18.0 Å². The molecule has 0 aromatic carbocycles. The lowest BCUT2D eigenvalue weighted by Gasteiger charge is -2.51. The quantitative estimate of drug-likeness (QED) is 0.280. The molecule has 2 saturated heterocycles. The molecule has 0 radical (unpaired) electrons. The van der Waals surface area contributed by atoms with E-state index in [2.05, 4.69) is 0 Å². The monoisotopic (exact) mass is 439 g/mol. The zero-order valence-corrected chi connectivity index (χ0v) is 14.7. The molecule has 0 spiro atoms. The fourth-order valence-electron chi connectivity index (χ4n) is 2.71. The van der Waals surface area contributed by atoms with Gasteiger partial charge in [0.05, 0.1) is 0 Å². The van der Waals surface area contributed by atoms with Crippen LogP contribution in [0, 0.1) is 5.41 Å². The first kappa shape index (κ1) is 19.1. The maximum atomic E-state index is 11.7. The maximum Gasteiger partial charge on any atom is 0.318 e. The number of carbonyl (C=O) groups excluding carboxylic acids is 1. The van der Waals surface area contributed by atoms with Crippen LogP contribution in [0.3, 0.4) is 0 Å². The smallest absolute Gasteiger partial charge is 0.318 e. The second kappa shape index (κ2) is 7.11. The molecule has 5 N–H and O–H groups in total. The molecule has 22 heavy (non-hydrogen) atoms. The molecule has 3 rings (SSSR count). The summed E-state index contributed by atoms with van der Waals surface area (Å²) in [5, 5.41) is 9.57. The molecule has 0 bridgehead atoms. The van der Waals surface area contributed by atoms with Gasteiger partial charge in [0.15, 0.2) is 24.4 Å². The van der Waals surface area contributed by atoms with Gasteiger partial charge in [0.1, 0.15) is 11.4 Å². The summed E-state index contributed by atoms with van der Waals surface area (Å²) in [4.78, 5) is 25.1. The van der Waals surface area contributed by atoms with Gasteiger partial charge in [0.2, 0.25) is 5.91 Å². The fourth-order valence-corrected chi connectivity index (χ4v) is 4.19. The van der Waals surface area contributed by atoms with Crippen LogP contribution in [0.25, 0.3) is 0 Å². The Balaban J connectivity index is 0.00000121. The van der Waals surface area contributed by atoms with E-state index in [0.717, 1.165) is 0 Å². The van der Waals surface area contributed by atoms with E-state index in [0.29, 0.717) is 12.3 Å². The molecule has 7 nitrogen and oxygen atoms in total. The van der Waals surface area contributed by atoms with Gasteiger partial charge in [-0.3, -0.25) is 9.59 Å². The Morgan fingerprint density at radius 1 is 1.45 bits per heavy atom. The predicted octanol–water partition coefficient (Wildman–Crippen LogP) is -4.53. The van der Waals surface area contributed by atoms with Crippen molar-refractivity contribution in [2.75, 3.05) is 12.3 Å². The topological polar surface area (TPSA) is 119 Å². The Bertz CT molecular complexity index is 561. The van der Waals surface area contributed by atoms with Crippen molar-refractivity contribution < 1.29 is 48.7 Å². The van der Waals surface area contributed by atoms with E-state index in [4.69, 9.17) is 5.73 Å². The van der Waals surface area contributed by atoms with Crippen LogP contribution >= 0.6 is 11.8 Å². The van der Waals surface area contributed by atoms with Crippen LogP contribution in [0.4, 0.5) is 0 Å². The van der Waals surface area contributed by atoms with Gasteiger partial charge in [-0.25, -0.2) is 4.57 Å². The molecule has 1 unspecified atom stereocenters. The summed E-state index contributed by atoms with van der Waals surface area (Å²) in [5.41, 5.74) is 4.77. The molecule has 3 atom stereocenters. The lowest BCUT2D eigenvalue weighted by molar-refractivity contribution is -0.706. The first-order valence-corrected chi connectivity index (χ1v) is 7.43. The highest BCUT2D eigenvalue weighted by molar-refractivity contribution is 8.00. The van der Waals surface area contributed by atoms with Crippen molar-refractivity contribution in [1.82, 2.24) is 4.90 Å². The summed E-state index contributed by atoms with van der Waals surface area (Å²) in [6, 6.07) is 5.13. The number of halogens is 1. The number of hydrogen-bond donors (Lipinski definition) is 2. The van der Waals surface area contributed by atoms with E-state index >= 15 is 0 Å². The maximum absolute atomic E-state index is 11.7. The van der Waals surface area contributed by atoms with Gasteiger partial charge in [-0.2, -0.15) is 0 Å². The Morgan fingerprint density at radius 2 is 2.09 bits per heavy atom. The molecule has 0 aliphatic carbocycles. The van der Waals surface area contributed by atoms with Crippen LogP contribution in [0.1, 0.15) is 0 Å². The Hall–Kier alpha value is -0.910. The van der Waals surface area contributed by atoms with Crippen LogP contribution < -0.4 is 34.3 Å². The molecule has 1 aromatic heterocycles. The summed E-state index contributed by atoms with van der Waals surface area (Å²) in [6.45, 7) is 0.580. The Morgan fingerprint density at radius 3 is 2.68 bits per heavy atom. The Kier molecular flexibility index (Phi) is 6.18. The number of fused-ring (bicyclic) bond motifs is 1. The molecule has 2 aliphatic rings. The summed E-state index contributed by atoms with van der Waals surface area (Å²) < 4.78 is 1.85. The largest absolute Gasteiger partial charge is 1.00 e. The van der Waals surface area contributed by atoms with Crippen molar-refractivity contribution in [3.05, 3.63) is 30.6 Å². The highest BCUT2D eigenvalue weighted by Gasteiger charge is 2.57. The van der Waals surface area contributed by atoms with Crippen LogP contribution in [0.5, 0.6) is 0 Å². The lowest BCUT2D eigenvalue weighted by Crippen LogP contribution is -3.00. The Labute approximate surface area is 149 Å². The highest BCUT2D eigenvalue weighted by atomic mass is 127. The minimum atomic E-state index is -0.955. The van der Waals surface area contributed by atoms with Gasteiger partial charge in [-0.1, -0.05) is 6.07 Å². The number of hydrogen-bond acceptors (Lipinski definition) is 4. The van der Waals surface area contributed by atoms with E-state index in [1.54, 1.807) is 4.90 Å². The van der Waals surface area contributed by atoms with Crippen LogP contribution in [-0.2, 0) is 16.1 Å². The van der Waals surface area contributed by atoms with E-state index in [1.165, 1.54) is 11.8 Å². The van der Waals surface area contributed by atoms with Crippen LogP contribution in [0.2, 0.25) is 0 Å². The minimum Gasteiger partial charge on any atom is -1.00 e. The number of nitrogens with zero attached hydrogens (tertiary/aromatic N) is 2. The number of pyridine rings is 1. The summed E-state index contributed by atoms with van der Waals surface area (Å²) >= 11 is 1.47.